The van der Waals surface area contributed by atoms with Gasteiger partial charge in [-0.25, -0.2) is 13.8 Å². The van der Waals surface area contributed by atoms with E-state index in [0.29, 0.717) is 22.4 Å². The van der Waals surface area contributed by atoms with Crippen molar-refractivity contribution >= 4 is 18.1 Å². The topological polar surface area (TPSA) is 75.7 Å². The van der Waals surface area contributed by atoms with E-state index >= 15 is 4.39 Å². The first-order valence-corrected chi connectivity index (χ1v) is 10.3. The highest BCUT2D eigenvalue weighted by Crippen LogP contribution is 2.54. The van der Waals surface area contributed by atoms with Crippen molar-refractivity contribution in [2.75, 3.05) is 0 Å². The van der Waals surface area contributed by atoms with Crippen LogP contribution in [0.3, 0.4) is 0 Å². The number of rotatable bonds is 2. The Balaban J connectivity index is 1.47. The molecular weight excluding hydrogens is 426 g/mol. The molecule has 3 unspecified atom stereocenters. The van der Waals surface area contributed by atoms with E-state index in [9.17, 15) is 9.18 Å². The zero-order chi connectivity index (χ0) is 22.7. The summed E-state index contributed by atoms with van der Waals surface area (Å²) < 4.78 is 31.2. The number of aromatic nitrogens is 3. The lowest BCUT2D eigenvalue weighted by atomic mass is 9.96. The lowest BCUT2D eigenvalue weighted by Gasteiger charge is -2.28. The maximum Gasteiger partial charge on any atom is 0.278 e. The first-order chi connectivity index (χ1) is 16.0. The fourth-order valence-electron chi connectivity index (χ4n) is 4.54. The van der Waals surface area contributed by atoms with Gasteiger partial charge < -0.3 is 4.90 Å². The Hall–Kier alpha value is -4.19. The largest absolute Gasteiger partial charge is 0.309 e. The molecule has 2 aliphatic heterocycles. The molecule has 0 bridgehead atoms. The standard InChI is InChI=1S/C24H16F2N6O/c1-31-21(18-13-28-23-30-22(33)24(32(18)23)10-19(24)26)16(12-29-31)20-15(5-2-6-17(20)25)8-7-14-4-3-9-27-11-14/h2-6,9,11-13,18-19H,10H2,1H3. The molecule has 3 atom stereocenters. The highest BCUT2D eigenvalue weighted by molar-refractivity contribution is 6.13. The molecule has 9 heteroatoms. The van der Waals surface area contributed by atoms with Gasteiger partial charge in [-0.2, -0.15) is 10.1 Å². The lowest BCUT2D eigenvalue weighted by Crippen LogP contribution is -2.43. The van der Waals surface area contributed by atoms with Crippen molar-refractivity contribution in [2.45, 2.75) is 24.2 Å². The molecule has 1 fully saturated rings. The number of aryl methyl sites for hydroxylation is 1. The monoisotopic (exact) mass is 442 g/mol. The van der Waals surface area contributed by atoms with Crippen LogP contribution in [0.4, 0.5) is 8.78 Å². The van der Waals surface area contributed by atoms with Gasteiger partial charge >= 0.3 is 0 Å². The average Bonchev–Trinajstić information content (AvgIpc) is 3.07. The van der Waals surface area contributed by atoms with Crippen molar-refractivity contribution in [1.29, 1.82) is 0 Å². The molecule has 1 aliphatic carbocycles. The molecule has 0 N–H and O–H groups in total. The first-order valence-electron chi connectivity index (χ1n) is 10.3. The summed E-state index contributed by atoms with van der Waals surface area (Å²) in [5, 5.41) is 4.34. The normalized spacial score (nSPS) is 24.6. The van der Waals surface area contributed by atoms with Gasteiger partial charge in [0, 0.05) is 54.3 Å². The van der Waals surface area contributed by atoms with E-state index < -0.39 is 29.5 Å². The Kier molecular flexibility index (Phi) is 4.08. The molecule has 2 aromatic heterocycles. The van der Waals surface area contributed by atoms with Crippen LogP contribution in [0, 0.1) is 17.7 Å². The Morgan fingerprint density at radius 1 is 1.18 bits per heavy atom. The average molecular weight is 442 g/mol. The highest BCUT2D eigenvalue weighted by Gasteiger charge is 2.71. The number of guanidine groups is 1. The molecule has 7 nitrogen and oxygen atoms in total. The molecule has 162 valence electrons. The number of nitrogens with zero attached hydrogens (tertiary/aromatic N) is 6. The van der Waals surface area contributed by atoms with Gasteiger partial charge in [0.2, 0.25) is 5.96 Å². The lowest BCUT2D eigenvalue weighted by molar-refractivity contribution is -0.122. The Morgan fingerprint density at radius 3 is 2.79 bits per heavy atom. The molecular formula is C24H16F2N6O. The maximum absolute atomic E-state index is 15.2. The number of fused-ring (bicyclic) bond motifs is 2. The van der Waals surface area contributed by atoms with Gasteiger partial charge in [-0.15, -0.1) is 0 Å². The number of hydrogen-bond donors (Lipinski definition) is 0. The summed E-state index contributed by atoms with van der Waals surface area (Å²) in [5.41, 5.74) is 1.20. The first kappa shape index (κ1) is 19.5. The number of hydrogen-bond acceptors (Lipinski definition) is 5. The van der Waals surface area contributed by atoms with Crippen molar-refractivity contribution in [2.24, 2.45) is 17.0 Å². The van der Waals surface area contributed by atoms with Crippen LogP contribution in [-0.2, 0) is 11.8 Å². The predicted molar refractivity (Wildman–Crippen MR) is 117 cm³/mol. The number of alkyl halides is 1. The summed E-state index contributed by atoms with van der Waals surface area (Å²) >= 11 is 0. The fourth-order valence-corrected chi connectivity index (χ4v) is 4.54. The van der Waals surface area contributed by atoms with Crippen LogP contribution in [0.1, 0.15) is 29.3 Å². The summed E-state index contributed by atoms with van der Waals surface area (Å²) in [4.78, 5) is 26.3. The molecule has 1 saturated carbocycles. The van der Waals surface area contributed by atoms with Crippen LogP contribution in [-0.4, -0.2) is 49.5 Å². The second-order valence-electron chi connectivity index (χ2n) is 8.13. The second kappa shape index (κ2) is 6.90. The summed E-state index contributed by atoms with van der Waals surface area (Å²) in [5.74, 6) is 5.24. The minimum atomic E-state index is -1.32. The molecule has 1 aromatic carbocycles. The quantitative estimate of drug-likeness (QED) is 0.572. The molecule has 0 saturated heterocycles. The molecule has 3 aromatic rings. The van der Waals surface area contributed by atoms with E-state index in [1.54, 1.807) is 59.6 Å². The van der Waals surface area contributed by atoms with Crippen molar-refractivity contribution in [3.05, 3.63) is 71.6 Å². The predicted octanol–water partition coefficient (Wildman–Crippen LogP) is 2.83. The zero-order valence-electron chi connectivity index (χ0n) is 17.4. The van der Waals surface area contributed by atoms with E-state index in [4.69, 9.17) is 0 Å². The smallest absolute Gasteiger partial charge is 0.278 e. The second-order valence-corrected chi connectivity index (χ2v) is 8.13. The van der Waals surface area contributed by atoms with Crippen molar-refractivity contribution in [1.82, 2.24) is 19.7 Å². The van der Waals surface area contributed by atoms with Gasteiger partial charge in [0.15, 0.2) is 5.54 Å². The van der Waals surface area contributed by atoms with Gasteiger partial charge in [0.25, 0.3) is 5.91 Å². The Bertz CT molecular complexity index is 1430. The van der Waals surface area contributed by atoms with Gasteiger partial charge in [0.05, 0.1) is 11.9 Å². The number of carbonyl (C=O) groups excluding carboxylic acids is 1. The fraction of sp³-hybridized carbons (Fsp3) is 0.208. The van der Waals surface area contributed by atoms with Gasteiger partial charge in [-0.05, 0) is 24.3 Å². The molecule has 6 rings (SSSR count). The minimum Gasteiger partial charge on any atom is -0.309 e. The van der Waals surface area contributed by atoms with Crippen LogP contribution < -0.4 is 0 Å². The van der Waals surface area contributed by atoms with Crippen LogP contribution in [0.2, 0.25) is 0 Å². The third-order valence-corrected chi connectivity index (χ3v) is 6.23. The summed E-state index contributed by atoms with van der Waals surface area (Å²) in [6.45, 7) is 0. The summed E-state index contributed by atoms with van der Waals surface area (Å²) in [6.07, 6.45) is 5.18. The minimum absolute atomic E-state index is 0.0629. The van der Waals surface area contributed by atoms with Crippen molar-refractivity contribution in [3.8, 4) is 23.0 Å². The third kappa shape index (κ3) is 2.77. The molecule has 1 spiro atoms. The third-order valence-electron chi connectivity index (χ3n) is 6.23. The molecule has 33 heavy (non-hydrogen) atoms. The SMILES string of the molecule is Cn1ncc(-c2c(F)cccc2C#Cc2cccnc2)c1C1C=NC2=NC(=O)C3(CC3F)N21. The highest BCUT2D eigenvalue weighted by atomic mass is 19.1. The zero-order valence-corrected chi connectivity index (χ0v) is 17.4. The van der Waals surface area contributed by atoms with Crippen LogP contribution in [0.5, 0.6) is 0 Å². The Morgan fingerprint density at radius 2 is 2.03 bits per heavy atom. The van der Waals surface area contributed by atoms with Crippen LogP contribution >= 0.6 is 0 Å². The molecule has 3 aliphatic rings. The summed E-state index contributed by atoms with van der Waals surface area (Å²) in [6, 6.07) is 7.66. The molecule has 1 amide bonds. The number of amides is 1. The van der Waals surface area contributed by atoms with E-state index in [2.05, 4.69) is 31.9 Å². The van der Waals surface area contributed by atoms with E-state index in [1.165, 1.54) is 6.07 Å². The van der Waals surface area contributed by atoms with Gasteiger partial charge in [-0.3, -0.25) is 14.5 Å². The number of pyridine rings is 1. The number of carbonyl (C=O) groups is 1. The number of aliphatic imine (C=N–C) groups is 2. The van der Waals surface area contributed by atoms with Gasteiger partial charge in [-0.1, -0.05) is 17.9 Å². The van der Waals surface area contributed by atoms with Crippen molar-refractivity contribution < 1.29 is 13.6 Å². The maximum atomic E-state index is 15.2. The van der Waals surface area contributed by atoms with Crippen LogP contribution in [0.25, 0.3) is 11.1 Å². The van der Waals surface area contributed by atoms with Crippen molar-refractivity contribution in [3.63, 3.8) is 0 Å². The summed E-state index contributed by atoms with van der Waals surface area (Å²) in [7, 11) is 1.72. The number of benzene rings is 1. The molecule has 0 radical (unpaired) electrons. The molecule has 4 heterocycles. The van der Waals surface area contributed by atoms with E-state index in [-0.39, 0.29) is 17.9 Å². The van der Waals surface area contributed by atoms with Crippen LogP contribution in [0.15, 0.2) is 58.9 Å². The van der Waals surface area contributed by atoms with E-state index in [1.807, 2.05) is 6.07 Å². The number of halogens is 2. The van der Waals surface area contributed by atoms with E-state index in [0.717, 1.165) is 0 Å². The Labute approximate surface area is 187 Å². The van der Waals surface area contributed by atoms with Gasteiger partial charge in [0.1, 0.15) is 18.0 Å².